The van der Waals surface area contributed by atoms with E-state index in [1.807, 2.05) is 25.5 Å². The summed E-state index contributed by atoms with van der Waals surface area (Å²) in [7, 11) is -1.56. The van der Waals surface area contributed by atoms with Crippen LogP contribution in [0.5, 0.6) is 0 Å². The fourth-order valence-electron chi connectivity index (χ4n) is 2.28. The minimum Gasteiger partial charge on any atom is -0.349 e. The van der Waals surface area contributed by atoms with Gasteiger partial charge >= 0.3 is 0 Å². The summed E-state index contributed by atoms with van der Waals surface area (Å²) in [5.74, 6) is 0. The number of aromatic nitrogens is 1. The molecule has 1 rings (SSSR count). The number of rotatable bonds is 9. The summed E-state index contributed by atoms with van der Waals surface area (Å²) in [5.41, 5.74) is 0.998. The Morgan fingerprint density at radius 1 is 1.30 bits per heavy atom. The Morgan fingerprint density at radius 2 is 2.00 bits per heavy atom. The highest BCUT2D eigenvalue weighted by atomic mass is 32.2. The van der Waals surface area contributed by atoms with Gasteiger partial charge in [0.25, 0.3) is 0 Å². The molecule has 2 N–H and O–H groups in total. The van der Waals surface area contributed by atoms with Crippen molar-refractivity contribution in [3.05, 3.63) is 18.0 Å². The number of nitrogens with one attached hydrogen (secondary N) is 2. The summed E-state index contributed by atoms with van der Waals surface area (Å²) in [6.45, 7) is 7.53. The number of aryl methyl sites for hydroxylation is 1. The van der Waals surface area contributed by atoms with Gasteiger partial charge in [-0.1, -0.05) is 20.3 Å². The number of hydrogen-bond acceptors (Lipinski definition) is 3. The first-order chi connectivity index (χ1) is 9.44. The predicted molar refractivity (Wildman–Crippen MR) is 82.2 cm³/mol. The SMILES string of the molecule is CCCC(C)NS(=O)(=O)c1cc(CNC)n(CCC)c1. The second-order valence-corrected chi connectivity index (χ2v) is 6.92. The van der Waals surface area contributed by atoms with Gasteiger partial charge in [0.15, 0.2) is 0 Å². The van der Waals surface area contributed by atoms with Crippen LogP contribution < -0.4 is 10.0 Å². The molecule has 0 bridgehead atoms. The van der Waals surface area contributed by atoms with Crippen molar-refractivity contribution in [1.82, 2.24) is 14.6 Å². The van der Waals surface area contributed by atoms with E-state index in [-0.39, 0.29) is 6.04 Å². The van der Waals surface area contributed by atoms with Gasteiger partial charge in [0.2, 0.25) is 10.0 Å². The fraction of sp³-hybridized carbons (Fsp3) is 0.714. The molecule has 1 aromatic heterocycles. The molecule has 0 aliphatic heterocycles. The monoisotopic (exact) mass is 301 g/mol. The molecule has 116 valence electrons. The highest BCUT2D eigenvalue weighted by Gasteiger charge is 2.20. The van der Waals surface area contributed by atoms with Crippen LogP contribution in [0.25, 0.3) is 0 Å². The molecular weight excluding hydrogens is 274 g/mol. The molecule has 0 saturated carbocycles. The zero-order valence-electron chi connectivity index (χ0n) is 12.9. The Morgan fingerprint density at radius 3 is 2.55 bits per heavy atom. The van der Waals surface area contributed by atoms with E-state index >= 15 is 0 Å². The smallest absolute Gasteiger partial charge is 0.242 e. The summed E-state index contributed by atoms with van der Waals surface area (Å²) < 4.78 is 29.4. The third kappa shape index (κ3) is 4.61. The lowest BCUT2D eigenvalue weighted by Gasteiger charge is -2.12. The zero-order valence-corrected chi connectivity index (χ0v) is 13.8. The summed E-state index contributed by atoms with van der Waals surface area (Å²) in [4.78, 5) is 0.360. The molecule has 0 fully saturated rings. The highest BCUT2D eigenvalue weighted by Crippen LogP contribution is 2.16. The van der Waals surface area contributed by atoms with Gasteiger partial charge in [-0.2, -0.15) is 0 Å². The molecular formula is C14H27N3O2S. The Balaban J connectivity index is 2.96. The molecule has 1 heterocycles. The molecule has 0 amide bonds. The van der Waals surface area contributed by atoms with E-state index < -0.39 is 10.0 Å². The van der Waals surface area contributed by atoms with E-state index in [0.29, 0.717) is 11.4 Å². The van der Waals surface area contributed by atoms with Crippen molar-refractivity contribution in [3.63, 3.8) is 0 Å². The van der Waals surface area contributed by atoms with Gasteiger partial charge < -0.3 is 9.88 Å². The van der Waals surface area contributed by atoms with E-state index in [9.17, 15) is 8.42 Å². The van der Waals surface area contributed by atoms with Crippen LogP contribution in [0.4, 0.5) is 0 Å². The topological polar surface area (TPSA) is 63.1 Å². The maximum atomic E-state index is 12.3. The van der Waals surface area contributed by atoms with Gasteiger partial charge in [-0.15, -0.1) is 0 Å². The lowest BCUT2D eigenvalue weighted by molar-refractivity contribution is 0.543. The lowest BCUT2D eigenvalue weighted by atomic mass is 10.2. The quantitative estimate of drug-likeness (QED) is 0.734. The van der Waals surface area contributed by atoms with Crippen LogP contribution in [0.2, 0.25) is 0 Å². The van der Waals surface area contributed by atoms with Gasteiger partial charge in [-0.3, -0.25) is 0 Å². The summed E-state index contributed by atoms with van der Waals surface area (Å²) in [5, 5.41) is 3.07. The Labute approximate surface area is 122 Å². The zero-order chi connectivity index (χ0) is 15.2. The molecule has 1 atom stereocenters. The largest absolute Gasteiger partial charge is 0.349 e. The van der Waals surface area contributed by atoms with E-state index in [2.05, 4.69) is 17.0 Å². The van der Waals surface area contributed by atoms with Crippen LogP contribution in [0.15, 0.2) is 17.2 Å². The normalized spacial score (nSPS) is 13.6. The van der Waals surface area contributed by atoms with Gasteiger partial charge in [0.05, 0.1) is 4.90 Å². The Bertz CT molecular complexity index is 485. The predicted octanol–water partition coefficient (Wildman–Crippen LogP) is 2.08. The minimum absolute atomic E-state index is 0.0349. The minimum atomic E-state index is -3.42. The second-order valence-electron chi connectivity index (χ2n) is 5.20. The maximum Gasteiger partial charge on any atom is 0.242 e. The first-order valence-corrected chi connectivity index (χ1v) is 8.78. The standard InChI is InChI=1S/C14H27N3O2S/c1-5-7-12(3)16-20(18,19)14-9-13(10-15-4)17(11-14)8-6-2/h9,11-12,15-16H,5-8,10H2,1-4H3. The van der Waals surface area contributed by atoms with Crippen LogP contribution >= 0.6 is 0 Å². The van der Waals surface area contributed by atoms with Crippen molar-refractivity contribution < 1.29 is 8.42 Å². The second kappa shape index (κ2) is 7.81. The lowest BCUT2D eigenvalue weighted by Crippen LogP contribution is -2.32. The number of sulfonamides is 1. The molecule has 5 nitrogen and oxygen atoms in total. The van der Waals surface area contributed by atoms with Crippen LogP contribution in [0, 0.1) is 0 Å². The van der Waals surface area contributed by atoms with Crippen molar-refractivity contribution in [2.75, 3.05) is 7.05 Å². The summed E-state index contributed by atoms with van der Waals surface area (Å²) in [6, 6.07) is 1.72. The van der Waals surface area contributed by atoms with Crippen molar-refractivity contribution in [2.24, 2.45) is 0 Å². The molecule has 0 spiro atoms. The van der Waals surface area contributed by atoms with Gasteiger partial charge in [0, 0.05) is 31.0 Å². The average Bonchev–Trinajstić information content (AvgIpc) is 2.74. The van der Waals surface area contributed by atoms with Crippen molar-refractivity contribution in [1.29, 1.82) is 0 Å². The van der Waals surface area contributed by atoms with E-state index in [4.69, 9.17) is 0 Å². The summed E-state index contributed by atoms with van der Waals surface area (Å²) in [6.07, 6.45) is 4.52. The molecule has 20 heavy (non-hydrogen) atoms. The first-order valence-electron chi connectivity index (χ1n) is 7.30. The fourth-order valence-corrected chi connectivity index (χ4v) is 3.62. The molecule has 0 aliphatic rings. The summed E-state index contributed by atoms with van der Waals surface area (Å²) >= 11 is 0. The van der Waals surface area contributed by atoms with E-state index in [0.717, 1.165) is 31.5 Å². The van der Waals surface area contributed by atoms with Gasteiger partial charge in [-0.05, 0) is 32.9 Å². The van der Waals surface area contributed by atoms with Crippen molar-refractivity contribution in [3.8, 4) is 0 Å². The molecule has 6 heteroatoms. The first kappa shape index (κ1) is 17.2. The van der Waals surface area contributed by atoms with Crippen molar-refractivity contribution >= 4 is 10.0 Å². The Kier molecular flexibility index (Phi) is 6.71. The number of nitrogens with zero attached hydrogens (tertiary/aromatic N) is 1. The molecule has 1 aromatic rings. The molecule has 0 saturated heterocycles. The van der Waals surface area contributed by atoms with Crippen molar-refractivity contribution in [2.45, 2.75) is 64.1 Å². The van der Waals surface area contributed by atoms with Crippen LogP contribution in [-0.2, 0) is 23.1 Å². The highest BCUT2D eigenvalue weighted by molar-refractivity contribution is 7.89. The molecule has 1 unspecified atom stereocenters. The molecule has 0 aromatic carbocycles. The molecule has 0 aliphatic carbocycles. The average molecular weight is 301 g/mol. The van der Waals surface area contributed by atoms with Crippen LogP contribution in [0.3, 0.4) is 0 Å². The third-order valence-electron chi connectivity index (χ3n) is 3.17. The van der Waals surface area contributed by atoms with E-state index in [1.165, 1.54) is 0 Å². The van der Waals surface area contributed by atoms with Gasteiger partial charge in [-0.25, -0.2) is 13.1 Å². The maximum absolute atomic E-state index is 12.3. The third-order valence-corrected chi connectivity index (χ3v) is 4.73. The van der Waals surface area contributed by atoms with E-state index in [1.54, 1.807) is 12.3 Å². The van der Waals surface area contributed by atoms with Crippen LogP contribution in [0.1, 0.15) is 45.7 Å². The number of hydrogen-bond donors (Lipinski definition) is 2. The Hall–Kier alpha value is -0.850. The van der Waals surface area contributed by atoms with Gasteiger partial charge in [0.1, 0.15) is 0 Å². The molecule has 0 radical (unpaired) electrons. The van der Waals surface area contributed by atoms with Crippen LogP contribution in [-0.4, -0.2) is 26.1 Å².